The fourth-order valence-electron chi connectivity index (χ4n) is 3.18. The third-order valence-electron chi connectivity index (χ3n) is 4.72. The molecule has 1 aromatic carbocycles. The zero-order valence-corrected chi connectivity index (χ0v) is 16.4. The highest BCUT2D eigenvalue weighted by Gasteiger charge is 2.35. The summed E-state index contributed by atoms with van der Waals surface area (Å²) in [7, 11) is 0. The quantitative estimate of drug-likeness (QED) is 0.689. The predicted octanol–water partition coefficient (Wildman–Crippen LogP) is 3.48. The maximum absolute atomic E-state index is 13.0. The van der Waals surface area contributed by atoms with Crippen molar-refractivity contribution in [2.45, 2.75) is 45.5 Å². The number of esters is 1. The molecule has 28 heavy (non-hydrogen) atoms. The minimum atomic E-state index is -1.29. The van der Waals surface area contributed by atoms with Gasteiger partial charge in [-0.05, 0) is 42.0 Å². The first-order valence-electron chi connectivity index (χ1n) is 8.61. The van der Waals surface area contributed by atoms with Crippen LogP contribution in [0, 0.1) is 0 Å². The molecule has 0 saturated heterocycles. The Bertz CT molecular complexity index is 841. The van der Waals surface area contributed by atoms with Crippen LogP contribution in [0.4, 0.5) is 0 Å². The highest BCUT2D eigenvalue weighted by atomic mass is 35.5. The Morgan fingerprint density at radius 2 is 2.04 bits per heavy atom. The lowest BCUT2D eigenvalue weighted by atomic mass is 10.0. The van der Waals surface area contributed by atoms with Crippen LogP contribution in [-0.4, -0.2) is 40.6 Å². The second-order valence-corrected chi connectivity index (χ2v) is 7.93. The Morgan fingerprint density at radius 3 is 2.71 bits per heavy atom. The van der Waals surface area contributed by atoms with Crippen molar-refractivity contribution in [1.29, 1.82) is 0 Å². The van der Waals surface area contributed by atoms with Crippen LogP contribution >= 0.6 is 22.9 Å². The average Bonchev–Trinajstić information content (AvgIpc) is 3.10. The first-order chi connectivity index (χ1) is 12.9. The predicted molar refractivity (Wildman–Crippen MR) is 111 cm³/mol. The molecule has 1 aliphatic rings. The van der Waals surface area contributed by atoms with E-state index >= 15 is 0 Å². The Balaban J connectivity index is 0.00000280. The molecule has 0 bridgehead atoms. The number of benzene rings is 1. The molecular formula is C20H25ClN2O4S. The van der Waals surface area contributed by atoms with Gasteiger partial charge in [0, 0.05) is 23.0 Å². The van der Waals surface area contributed by atoms with Crippen molar-refractivity contribution in [3.8, 4) is 0 Å². The fourth-order valence-corrected chi connectivity index (χ4v) is 4.31. The topological polar surface area (TPSA) is 92.9 Å². The number of carboxylic acid groups (broad SMARTS) is 1. The smallest absolute Gasteiger partial charge is 0.328 e. The van der Waals surface area contributed by atoms with Crippen LogP contribution in [0.5, 0.6) is 0 Å². The van der Waals surface area contributed by atoms with Gasteiger partial charge in [-0.2, -0.15) is 0 Å². The number of rotatable bonds is 6. The molecule has 0 amide bonds. The molecule has 0 fully saturated rings. The van der Waals surface area contributed by atoms with E-state index in [0.29, 0.717) is 23.7 Å². The molecule has 2 heterocycles. The van der Waals surface area contributed by atoms with Crippen molar-refractivity contribution in [3.05, 3.63) is 56.7 Å². The normalized spacial score (nSPS) is 17.0. The van der Waals surface area contributed by atoms with E-state index in [1.54, 1.807) is 29.5 Å². The zero-order valence-electron chi connectivity index (χ0n) is 14.8. The van der Waals surface area contributed by atoms with Gasteiger partial charge >= 0.3 is 11.9 Å². The third kappa shape index (κ3) is 4.72. The van der Waals surface area contributed by atoms with E-state index in [-0.39, 0.29) is 7.43 Å². The number of thiophene rings is 1. The molecule has 6 nitrogen and oxygen atoms in total. The molecule has 1 aliphatic heterocycles. The first-order valence-corrected chi connectivity index (χ1v) is 9.87. The molecule has 3 atom stereocenters. The van der Waals surface area contributed by atoms with E-state index in [2.05, 4.69) is 6.07 Å². The van der Waals surface area contributed by atoms with Crippen molar-refractivity contribution in [2.24, 2.45) is 5.73 Å². The molecule has 2 aromatic rings. The summed E-state index contributed by atoms with van der Waals surface area (Å²) in [5.74, 6) is -1.77. The van der Waals surface area contributed by atoms with E-state index < -0.39 is 30.1 Å². The molecule has 1 aromatic heterocycles. The van der Waals surface area contributed by atoms with Crippen LogP contribution in [0.15, 0.2) is 35.7 Å². The molecule has 3 rings (SSSR count). The summed E-state index contributed by atoms with van der Waals surface area (Å²) >= 11 is 8.07. The van der Waals surface area contributed by atoms with E-state index in [1.165, 1.54) is 17.4 Å². The SMILES string of the molecule is C.C[C@@H](OC(=O)[C@H](c1ccccc1Cl)N1CCc2sccc2C1)[C@H](N)C(=O)O. The Hall–Kier alpha value is -1.93. The van der Waals surface area contributed by atoms with Crippen molar-refractivity contribution >= 4 is 34.9 Å². The number of aliphatic carboxylic acids is 1. The van der Waals surface area contributed by atoms with Crippen LogP contribution in [-0.2, 0) is 27.3 Å². The van der Waals surface area contributed by atoms with E-state index in [4.69, 9.17) is 27.2 Å². The van der Waals surface area contributed by atoms with Gasteiger partial charge in [-0.1, -0.05) is 37.2 Å². The zero-order chi connectivity index (χ0) is 19.6. The summed E-state index contributed by atoms with van der Waals surface area (Å²) in [6.07, 6.45) is -0.118. The van der Waals surface area contributed by atoms with Gasteiger partial charge in [-0.25, -0.2) is 4.79 Å². The van der Waals surface area contributed by atoms with Crippen LogP contribution in [0.1, 0.15) is 36.4 Å². The minimum Gasteiger partial charge on any atom is -0.480 e. The molecule has 8 heteroatoms. The number of nitrogens with zero attached hydrogens (tertiary/aromatic N) is 1. The summed E-state index contributed by atoms with van der Waals surface area (Å²) < 4.78 is 5.43. The van der Waals surface area contributed by atoms with Crippen molar-refractivity contribution in [3.63, 3.8) is 0 Å². The highest BCUT2D eigenvalue weighted by molar-refractivity contribution is 7.10. The van der Waals surface area contributed by atoms with Crippen molar-refractivity contribution in [2.75, 3.05) is 6.54 Å². The van der Waals surface area contributed by atoms with Crippen LogP contribution in [0.2, 0.25) is 5.02 Å². The summed E-state index contributed by atoms with van der Waals surface area (Å²) in [6.45, 7) is 2.76. The number of carbonyl (C=O) groups excluding carboxylic acids is 1. The van der Waals surface area contributed by atoms with E-state index in [1.807, 2.05) is 16.3 Å². The van der Waals surface area contributed by atoms with Crippen molar-refractivity contribution in [1.82, 2.24) is 4.90 Å². The van der Waals surface area contributed by atoms with Crippen molar-refractivity contribution < 1.29 is 19.4 Å². The number of nitrogens with two attached hydrogens (primary N) is 1. The summed E-state index contributed by atoms with van der Waals surface area (Å²) in [5, 5.41) is 11.6. The fraction of sp³-hybridized carbons (Fsp3) is 0.400. The van der Waals surface area contributed by atoms with Gasteiger partial charge in [0.1, 0.15) is 18.2 Å². The van der Waals surface area contributed by atoms with Gasteiger partial charge < -0.3 is 15.6 Å². The number of hydrogen-bond donors (Lipinski definition) is 2. The Morgan fingerprint density at radius 1 is 1.32 bits per heavy atom. The molecule has 0 spiro atoms. The number of carboxylic acids is 1. The lowest BCUT2D eigenvalue weighted by Gasteiger charge is -2.34. The molecule has 3 N–H and O–H groups in total. The lowest BCUT2D eigenvalue weighted by molar-refractivity contribution is -0.159. The monoisotopic (exact) mass is 424 g/mol. The van der Waals surface area contributed by atoms with E-state index in [0.717, 1.165) is 6.42 Å². The van der Waals surface area contributed by atoms with Crippen LogP contribution < -0.4 is 5.73 Å². The largest absolute Gasteiger partial charge is 0.480 e. The molecule has 0 unspecified atom stereocenters. The van der Waals surface area contributed by atoms with Crippen LogP contribution in [0.3, 0.4) is 0 Å². The lowest BCUT2D eigenvalue weighted by Crippen LogP contribution is -2.45. The summed E-state index contributed by atoms with van der Waals surface area (Å²) in [5.41, 5.74) is 7.41. The number of halogens is 1. The molecule has 152 valence electrons. The number of ether oxygens (including phenoxy) is 1. The summed E-state index contributed by atoms with van der Waals surface area (Å²) in [6, 6.07) is 7.17. The highest BCUT2D eigenvalue weighted by Crippen LogP contribution is 2.34. The maximum Gasteiger partial charge on any atom is 0.328 e. The number of fused-ring (bicyclic) bond motifs is 1. The van der Waals surface area contributed by atoms with Gasteiger partial charge in [0.25, 0.3) is 0 Å². The third-order valence-corrected chi connectivity index (χ3v) is 6.09. The maximum atomic E-state index is 13.0. The molecular weight excluding hydrogens is 400 g/mol. The molecule has 0 aliphatic carbocycles. The number of hydrogen-bond acceptors (Lipinski definition) is 6. The Kier molecular flexibility index (Phi) is 7.60. The van der Waals surface area contributed by atoms with Gasteiger partial charge in [-0.15, -0.1) is 11.3 Å². The van der Waals surface area contributed by atoms with Gasteiger partial charge in [0.15, 0.2) is 0 Å². The number of carbonyl (C=O) groups is 2. The molecule has 0 saturated carbocycles. The Labute approximate surface area is 173 Å². The average molecular weight is 425 g/mol. The van der Waals surface area contributed by atoms with Crippen LogP contribution in [0.25, 0.3) is 0 Å². The van der Waals surface area contributed by atoms with E-state index in [9.17, 15) is 9.59 Å². The standard InChI is InChI=1S/C19H21ClN2O4S.CH4/c1-11(16(21)18(23)24)26-19(25)17(13-4-2-3-5-14(13)20)22-8-6-15-12(10-22)7-9-27-15;/h2-5,7,9,11,16-17H,6,8,10,21H2,1H3,(H,23,24);1H4/t11-,16+,17+;/m1./s1. The van der Waals surface area contributed by atoms with Gasteiger partial charge in [-0.3, -0.25) is 9.69 Å². The first kappa shape index (κ1) is 22.4. The molecule has 0 radical (unpaired) electrons. The van der Waals surface area contributed by atoms with Gasteiger partial charge in [0.2, 0.25) is 0 Å². The second kappa shape index (κ2) is 9.52. The second-order valence-electron chi connectivity index (χ2n) is 6.52. The van der Waals surface area contributed by atoms with Gasteiger partial charge in [0.05, 0.1) is 0 Å². The summed E-state index contributed by atoms with van der Waals surface area (Å²) in [4.78, 5) is 27.4. The minimum absolute atomic E-state index is 0.